The highest BCUT2D eigenvalue weighted by Crippen LogP contribution is 2.24. The van der Waals surface area contributed by atoms with Crippen molar-refractivity contribution in [2.45, 2.75) is 11.8 Å². The Morgan fingerprint density at radius 3 is 1.71 bits per heavy atom. The van der Waals surface area contributed by atoms with E-state index in [0.717, 1.165) is 11.3 Å². The minimum Gasteiger partial charge on any atom is -0.378 e. The molecule has 0 unspecified atom stereocenters. The molecule has 5 heteroatoms. The summed E-state index contributed by atoms with van der Waals surface area (Å²) in [6.45, 7) is 1.93. The van der Waals surface area contributed by atoms with Crippen molar-refractivity contribution in [2.24, 2.45) is 0 Å². The van der Waals surface area contributed by atoms with Gasteiger partial charge in [0, 0.05) is 26.8 Å². The summed E-state index contributed by atoms with van der Waals surface area (Å²) in [5, 5.41) is 0. The Bertz CT molecular complexity index is 705. The molecule has 0 aliphatic heterocycles. The minimum absolute atomic E-state index is 0.298. The molecule has 0 amide bonds. The largest absolute Gasteiger partial charge is 0.378 e. The fourth-order valence-electron chi connectivity index (χ4n) is 1.97. The van der Waals surface area contributed by atoms with Crippen molar-refractivity contribution in [3.8, 4) is 0 Å². The van der Waals surface area contributed by atoms with E-state index < -0.39 is 10.0 Å². The molecule has 0 saturated carbocycles. The zero-order valence-corrected chi connectivity index (χ0v) is 13.6. The smallest absolute Gasteiger partial charge is 0.264 e. The maximum absolute atomic E-state index is 12.6. The molecule has 2 aromatic rings. The predicted octanol–water partition coefficient (Wildman–Crippen LogP) is 2.89. The third kappa shape index (κ3) is 3.19. The molecule has 21 heavy (non-hydrogen) atoms. The van der Waals surface area contributed by atoms with Gasteiger partial charge in [0.05, 0.1) is 10.6 Å². The van der Waals surface area contributed by atoms with Gasteiger partial charge in [-0.2, -0.15) is 0 Å². The molecule has 4 nitrogen and oxygen atoms in total. The van der Waals surface area contributed by atoms with Gasteiger partial charge in [0.25, 0.3) is 10.0 Å². The number of aryl methyl sites for hydroxylation is 1. The van der Waals surface area contributed by atoms with Gasteiger partial charge in [-0.25, -0.2) is 8.42 Å². The SMILES string of the molecule is Cc1ccc(S(=O)(=O)N(C)c2ccc(N(C)C)cc2)cc1. The molecule has 112 valence electrons. The number of hydrogen-bond acceptors (Lipinski definition) is 3. The van der Waals surface area contributed by atoms with E-state index in [1.807, 2.05) is 38.1 Å². The molecule has 0 atom stereocenters. The van der Waals surface area contributed by atoms with E-state index in [4.69, 9.17) is 0 Å². The fraction of sp³-hybridized carbons (Fsp3) is 0.250. The molecule has 0 radical (unpaired) electrons. The Morgan fingerprint density at radius 2 is 1.24 bits per heavy atom. The van der Waals surface area contributed by atoms with E-state index in [9.17, 15) is 8.42 Å². The van der Waals surface area contributed by atoms with Crippen molar-refractivity contribution in [1.29, 1.82) is 0 Å². The van der Waals surface area contributed by atoms with Gasteiger partial charge in [-0.1, -0.05) is 17.7 Å². The first-order valence-electron chi connectivity index (χ1n) is 6.65. The molecule has 0 bridgehead atoms. The lowest BCUT2D eigenvalue weighted by molar-refractivity contribution is 0.594. The van der Waals surface area contributed by atoms with Crippen molar-refractivity contribution in [3.63, 3.8) is 0 Å². The normalized spacial score (nSPS) is 11.2. The Hall–Kier alpha value is -2.01. The summed E-state index contributed by atoms with van der Waals surface area (Å²) >= 11 is 0. The predicted molar refractivity (Wildman–Crippen MR) is 87.5 cm³/mol. The summed E-state index contributed by atoms with van der Waals surface area (Å²) in [6, 6.07) is 14.3. The first-order chi connectivity index (χ1) is 9.82. The standard InChI is InChI=1S/C16H20N2O2S/c1-13-5-11-16(12-6-13)21(19,20)18(4)15-9-7-14(8-10-15)17(2)3/h5-12H,1-4H3. The van der Waals surface area contributed by atoms with Crippen LogP contribution in [0.25, 0.3) is 0 Å². The molecular weight excluding hydrogens is 284 g/mol. The van der Waals surface area contributed by atoms with Crippen molar-refractivity contribution >= 4 is 21.4 Å². The average Bonchev–Trinajstić information content (AvgIpc) is 2.47. The van der Waals surface area contributed by atoms with Crippen molar-refractivity contribution in [2.75, 3.05) is 30.3 Å². The van der Waals surface area contributed by atoms with Gasteiger partial charge in [0.15, 0.2) is 0 Å². The lowest BCUT2D eigenvalue weighted by Gasteiger charge is -2.21. The summed E-state index contributed by atoms with van der Waals surface area (Å²) < 4.78 is 26.5. The van der Waals surface area contributed by atoms with E-state index in [2.05, 4.69) is 0 Å². The number of nitrogens with zero attached hydrogens (tertiary/aromatic N) is 2. The Kier molecular flexibility index (Phi) is 4.23. The van der Waals surface area contributed by atoms with Crippen LogP contribution in [0, 0.1) is 6.92 Å². The lowest BCUT2D eigenvalue weighted by Crippen LogP contribution is -2.26. The van der Waals surface area contributed by atoms with Crippen LogP contribution >= 0.6 is 0 Å². The van der Waals surface area contributed by atoms with Gasteiger partial charge < -0.3 is 4.90 Å². The summed E-state index contributed by atoms with van der Waals surface area (Å²) in [6.07, 6.45) is 0. The monoisotopic (exact) mass is 304 g/mol. The van der Waals surface area contributed by atoms with Crippen LogP contribution in [0.1, 0.15) is 5.56 Å². The Morgan fingerprint density at radius 1 is 0.762 bits per heavy atom. The molecule has 2 rings (SSSR count). The van der Waals surface area contributed by atoms with Gasteiger partial charge in [0.2, 0.25) is 0 Å². The number of rotatable bonds is 4. The second-order valence-electron chi connectivity index (χ2n) is 5.20. The van der Waals surface area contributed by atoms with Gasteiger partial charge in [0.1, 0.15) is 0 Å². The van der Waals surface area contributed by atoms with Crippen LogP contribution in [-0.4, -0.2) is 29.6 Å². The maximum atomic E-state index is 12.6. The second kappa shape index (κ2) is 5.77. The first-order valence-corrected chi connectivity index (χ1v) is 8.09. The second-order valence-corrected chi connectivity index (χ2v) is 7.17. The average molecular weight is 304 g/mol. The molecule has 0 heterocycles. The lowest BCUT2D eigenvalue weighted by atomic mass is 10.2. The third-order valence-electron chi connectivity index (χ3n) is 3.41. The molecule has 0 N–H and O–H groups in total. The quantitative estimate of drug-likeness (QED) is 0.872. The molecule has 0 aromatic heterocycles. The molecule has 0 fully saturated rings. The maximum Gasteiger partial charge on any atom is 0.264 e. The van der Waals surface area contributed by atoms with E-state index >= 15 is 0 Å². The van der Waals surface area contributed by atoms with Crippen molar-refractivity contribution < 1.29 is 8.42 Å². The topological polar surface area (TPSA) is 40.6 Å². The van der Waals surface area contributed by atoms with E-state index in [0.29, 0.717) is 10.6 Å². The molecule has 0 aliphatic carbocycles. The molecule has 0 saturated heterocycles. The van der Waals surface area contributed by atoms with Crippen LogP contribution < -0.4 is 9.21 Å². The highest BCUT2D eigenvalue weighted by Gasteiger charge is 2.20. The van der Waals surface area contributed by atoms with Crippen LogP contribution in [0.3, 0.4) is 0 Å². The molecular formula is C16H20N2O2S. The zero-order chi connectivity index (χ0) is 15.6. The van der Waals surface area contributed by atoms with E-state index in [1.54, 1.807) is 43.4 Å². The Balaban J connectivity index is 2.33. The number of sulfonamides is 1. The van der Waals surface area contributed by atoms with Gasteiger partial charge in [-0.3, -0.25) is 4.31 Å². The highest BCUT2D eigenvalue weighted by molar-refractivity contribution is 7.92. The Labute approximate surface area is 126 Å². The van der Waals surface area contributed by atoms with E-state index in [1.165, 1.54) is 4.31 Å². The summed E-state index contributed by atoms with van der Waals surface area (Å²) in [5.41, 5.74) is 2.70. The first kappa shape index (κ1) is 15.4. The number of benzene rings is 2. The van der Waals surface area contributed by atoms with Crippen LogP contribution in [0.5, 0.6) is 0 Å². The van der Waals surface area contributed by atoms with Crippen LogP contribution in [0.4, 0.5) is 11.4 Å². The van der Waals surface area contributed by atoms with Gasteiger partial charge >= 0.3 is 0 Å². The van der Waals surface area contributed by atoms with Crippen LogP contribution in [-0.2, 0) is 10.0 Å². The number of hydrogen-bond donors (Lipinski definition) is 0. The summed E-state index contributed by atoms with van der Waals surface area (Å²) in [4.78, 5) is 2.27. The molecule has 0 spiro atoms. The van der Waals surface area contributed by atoms with Crippen molar-refractivity contribution in [1.82, 2.24) is 0 Å². The molecule has 0 aliphatic rings. The van der Waals surface area contributed by atoms with Crippen LogP contribution in [0.2, 0.25) is 0 Å². The van der Waals surface area contributed by atoms with Crippen LogP contribution in [0.15, 0.2) is 53.4 Å². The molecule has 2 aromatic carbocycles. The summed E-state index contributed by atoms with van der Waals surface area (Å²) in [7, 11) is 1.94. The van der Waals surface area contributed by atoms with Gasteiger partial charge in [-0.05, 0) is 43.3 Å². The minimum atomic E-state index is -3.52. The summed E-state index contributed by atoms with van der Waals surface area (Å²) in [5.74, 6) is 0. The zero-order valence-electron chi connectivity index (χ0n) is 12.7. The number of anilines is 2. The fourth-order valence-corrected chi connectivity index (χ4v) is 3.16. The van der Waals surface area contributed by atoms with Crippen molar-refractivity contribution in [3.05, 3.63) is 54.1 Å². The highest BCUT2D eigenvalue weighted by atomic mass is 32.2. The third-order valence-corrected chi connectivity index (χ3v) is 5.21. The van der Waals surface area contributed by atoms with E-state index in [-0.39, 0.29) is 0 Å². The van der Waals surface area contributed by atoms with Gasteiger partial charge in [-0.15, -0.1) is 0 Å².